The van der Waals surface area contributed by atoms with Crippen molar-refractivity contribution in [3.8, 4) is 0 Å². The summed E-state index contributed by atoms with van der Waals surface area (Å²) in [5.74, 6) is 0.750. The zero-order valence-corrected chi connectivity index (χ0v) is 13.2. The lowest BCUT2D eigenvalue weighted by Gasteiger charge is -2.40. The van der Waals surface area contributed by atoms with E-state index in [9.17, 15) is 0 Å². The zero-order valence-electron chi connectivity index (χ0n) is 11.6. The van der Waals surface area contributed by atoms with E-state index in [1.807, 2.05) is 0 Å². The molecule has 0 amide bonds. The Bertz CT molecular complexity index is 413. The van der Waals surface area contributed by atoms with E-state index in [1.165, 1.54) is 48.8 Å². The maximum absolute atomic E-state index is 3.72. The largest absolute Gasteiger partial charge is 0.314 e. The van der Waals surface area contributed by atoms with E-state index in [1.54, 1.807) is 0 Å². The van der Waals surface area contributed by atoms with Crippen molar-refractivity contribution in [2.24, 2.45) is 5.92 Å². The Hall–Kier alpha value is -0.380. The molecule has 1 aromatic rings. The fourth-order valence-electron chi connectivity index (χ4n) is 3.27. The molecule has 3 rings (SSSR count). The van der Waals surface area contributed by atoms with E-state index in [-0.39, 0.29) is 0 Å². The minimum atomic E-state index is 0.577. The van der Waals surface area contributed by atoms with Crippen molar-refractivity contribution in [3.05, 3.63) is 34.3 Å². The van der Waals surface area contributed by atoms with Crippen LogP contribution >= 0.6 is 15.9 Å². The topological polar surface area (TPSA) is 15.3 Å². The molecule has 1 N–H and O–H groups in total. The van der Waals surface area contributed by atoms with E-state index in [2.05, 4.69) is 57.5 Å². The first-order valence-electron chi connectivity index (χ1n) is 7.43. The van der Waals surface area contributed by atoms with Gasteiger partial charge in [-0.2, -0.15) is 0 Å². The molecule has 0 aromatic heterocycles. The highest BCUT2D eigenvalue weighted by molar-refractivity contribution is 9.10. The first kappa shape index (κ1) is 13.6. The monoisotopic (exact) mass is 322 g/mol. The second-order valence-corrected chi connectivity index (χ2v) is 6.98. The molecule has 1 saturated heterocycles. The van der Waals surface area contributed by atoms with Crippen LogP contribution in [-0.2, 0) is 0 Å². The Morgan fingerprint density at radius 1 is 1.21 bits per heavy atom. The molecular formula is C16H23BrN2. The summed E-state index contributed by atoms with van der Waals surface area (Å²) in [5, 5.41) is 3.72. The molecule has 2 aliphatic rings. The van der Waals surface area contributed by atoms with Crippen molar-refractivity contribution in [2.45, 2.75) is 37.8 Å². The van der Waals surface area contributed by atoms with Crippen LogP contribution in [0.2, 0.25) is 0 Å². The molecule has 104 valence electrons. The molecule has 1 heterocycles. The van der Waals surface area contributed by atoms with Crippen LogP contribution in [0.4, 0.5) is 0 Å². The van der Waals surface area contributed by atoms with Gasteiger partial charge >= 0.3 is 0 Å². The summed E-state index contributed by atoms with van der Waals surface area (Å²) in [6.07, 6.45) is 5.45. The summed E-state index contributed by atoms with van der Waals surface area (Å²) in [6, 6.07) is 10.3. The van der Waals surface area contributed by atoms with Crippen LogP contribution in [0.1, 0.15) is 37.3 Å². The number of halogens is 1. The summed E-state index contributed by atoms with van der Waals surface area (Å²) < 4.78 is 1.17. The number of benzene rings is 1. The molecule has 2 nitrogen and oxygen atoms in total. The summed E-state index contributed by atoms with van der Waals surface area (Å²) >= 11 is 3.53. The zero-order chi connectivity index (χ0) is 13.2. The maximum atomic E-state index is 3.72. The highest BCUT2D eigenvalue weighted by Gasteiger charge is 2.31. The van der Waals surface area contributed by atoms with Gasteiger partial charge in [0.25, 0.3) is 0 Å². The van der Waals surface area contributed by atoms with E-state index in [4.69, 9.17) is 0 Å². The first-order valence-corrected chi connectivity index (χ1v) is 8.22. The van der Waals surface area contributed by atoms with E-state index >= 15 is 0 Å². The van der Waals surface area contributed by atoms with Crippen molar-refractivity contribution in [1.29, 1.82) is 0 Å². The highest BCUT2D eigenvalue weighted by atomic mass is 79.9. The van der Waals surface area contributed by atoms with Crippen molar-refractivity contribution in [3.63, 3.8) is 0 Å². The van der Waals surface area contributed by atoms with Crippen molar-refractivity contribution >= 4 is 15.9 Å². The van der Waals surface area contributed by atoms with Crippen LogP contribution in [0, 0.1) is 5.92 Å². The van der Waals surface area contributed by atoms with Gasteiger partial charge in [-0.15, -0.1) is 0 Å². The number of likely N-dealkylation sites (tertiary alicyclic amines) is 1. The predicted octanol–water partition coefficient (Wildman–Crippen LogP) is 3.58. The lowest BCUT2D eigenvalue weighted by Crippen LogP contribution is -2.40. The van der Waals surface area contributed by atoms with Crippen LogP contribution in [0.15, 0.2) is 28.7 Å². The molecular weight excluding hydrogens is 300 g/mol. The average molecular weight is 323 g/mol. The second-order valence-electron chi connectivity index (χ2n) is 6.06. The fraction of sp³-hybridized carbons (Fsp3) is 0.625. The molecule has 2 atom stereocenters. The standard InChI is InChI=1S/C16H23BrN2/c1-19-10-2-3-13(11-18-15-8-9-15)16(19)12-4-6-14(17)7-5-12/h4-7,13,15-16,18H,2-3,8-11H2,1H3. The minimum Gasteiger partial charge on any atom is -0.314 e. The van der Waals surface area contributed by atoms with E-state index in [0.717, 1.165) is 12.0 Å². The Kier molecular flexibility index (Phi) is 4.25. The normalized spacial score (nSPS) is 28.5. The van der Waals surface area contributed by atoms with Crippen LogP contribution in [-0.4, -0.2) is 31.1 Å². The number of piperidine rings is 1. The van der Waals surface area contributed by atoms with Crippen molar-refractivity contribution in [2.75, 3.05) is 20.1 Å². The Morgan fingerprint density at radius 3 is 2.63 bits per heavy atom. The van der Waals surface area contributed by atoms with Gasteiger partial charge in [-0.05, 0) is 62.9 Å². The van der Waals surface area contributed by atoms with Gasteiger partial charge in [0.05, 0.1) is 0 Å². The molecule has 19 heavy (non-hydrogen) atoms. The minimum absolute atomic E-state index is 0.577. The third-order valence-electron chi connectivity index (χ3n) is 4.46. The SMILES string of the molecule is CN1CCCC(CNC2CC2)C1c1ccc(Br)cc1. The summed E-state index contributed by atoms with van der Waals surface area (Å²) in [7, 11) is 2.27. The Morgan fingerprint density at radius 2 is 1.95 bits per heavy atom. The highest BCUT2D eigenvalue weighted by Crippen LogP contribution is 2.35. The number of nitrogens with one attached hydrogen (secondary N) is 1. The van der Waals surface area contributed by atoms with Gasteiger partial charge in [0.2, 0.25) is 0 Å². The van der Waals surface area contributed by atoms with Gasteiger partial charge in [-0.25, -0.2) is 0 Å². The molecule has 1 aliphatic carbocycles. The molecule has 0 spiro atoms. The molecule has 3 heteroatoms. The third kappa shape index (κ3) is 3.39. The van der Waals surface area contributed by atoms with Gasteiger partial charge in [0, 0.05) is 23.1 Å². The fourth-order valence-corrected chi connectivity index (χ4v) is 3.53. The van der Waals surface area contributed by atoms with Gasteiger partial charge in [-0.3, -0.25) is 4.90 Å². The van der Waals surface area contributed by atoms with Gasteiger partial charge in [-0.1, -0.05) is 28.1 Å². The molecule has 0 radical (unpaired) electrons. The molecule has 1 aromatic carbocycles. The maximum Gasteiger partial charge on any atom is 0.0385 e. The molecule has 1 aliphatic heterocycles. The smallest absolute Gasteiger partial charge is 0.0385 e. The summed E-state index contributed by atoms with van der Waals surface area (Å²) in [5.41, 5.74) is 1.47. The van der Waals surface area contributed by atoms with Gasteiger partial charge in [0.1, 0.15) is 0 Å². The molecule has 2 unspecified atom stereocenters. The predicted molar refractivity (Wildman–Crippen MR) is 83.3 cm³/mol. The van der Waals surface area contributed by atoms with Gasteiger partial charge < -0.3 is 5.32 Å². The Labute approximate surface area is 124 Å². The third-order valence-corrected chi connectivity index (χ3v) is 4.99. The van der Waals surface area contributed by atoms with E-state index in [0.29, 0.717) is 6.04 Å². The summed E-state index contributed by atoms with van der Waals surface area (Å²) in [6.45, 7) is 2.40. The van der Waals surface area contributed by atoms with Crippen LogP contribution < -0.4 is 5.32 Å². The number of rotatable bonds is 4. The van der Waals surface area contributed by atoms with Crippen molar-refractivity contribution < 1.29 is 0 Å². The van der Waals surface area contributed by atoms with Crippen LogP contribution in [0.5, 0.6) is 0 Å². The van der Waals surface area contributed by atoms with E-state index < -0.39 is 0 Å². The first-order chi connectivity index (χ1) is 9.24. The number of hydrogen-bond acceptors (Lipinski definition) is 2. The molecule has 0 bridgehead atoms. The van der Waals surface area contributed by atoms with Crippen LogP contribution in [0.25, 0.3) is 0 Å². The quantitative estimate of drug-likeness (QED) is 0.911. The van der Waals surface area contributed by atoms with Gasteiger partial charge in [0.15, 0.2) is 0 Å². The number of hydrogen-bond donors (Lipinski definition) is 1. The van der Waals surface area contributed by atoms with Crippen LogP contribution in [0.3, 0.4) is 0 Å². The molecule has 2 fully saturated rings. The lowest BCUT2D eigenvalue weighted by atomic mass is 9.85. The summed E-state index contributed by atoms with van der Waals surface area (Å²) in [4.78, 5) is 2.53. The second kappa shape index (κ2) is 5.94. The number of nitrogens with zero attached hydrogens (tertiary/aromatic N) is 1. The van der Waals surface area contributed by atoms with Crippen molar-refractivity contribution in [1.82, 2.24) is 10.2 Å². The average Bonchev–Trinajstić information content (AvgIpc) is 3.22. The molecule has 1 saturated carbocycles. The Balaban J connectivity index is 1.73. The lowest BCUT2D eigenvalue weighted by molar-refractivity contribution is 0.119.